The monoisotopic (exact) mass is 466 g/mol. The minimum absolute atomic E-state index is 0.238. The minimum atomic E-state index is -0.475. The van der Waals surface area contributed by atoms with Crippen molar-refractivity contribution in [2.75, 3.05) is 52.4 Å². The van der Waals surface area contributed by atoms with Crippen LogP contribution in [0.3, 0.4) is 0 Å². The Balaban J connectivity index is 1.93. The molecule has 0 amide bonds. The molecule has 1 aliphatic rings. The number of hydrogen-bond donors (Lipinski definition) is 0. The molecule has 9 heteroatoms. The van der Waals surface area contributed by atoms with Gasteiger partial charge in [-0.25, -0.2) is 14.3 Å². The second kappa shape index (κ2) is 9.72. The zero-order valence-electron chi connectivity index (χ0n) is 20.2. The van der Waals surface area contributed by atoms with E-state index in [4.69, 9.17) is 19.2 Å². The summed E-state index contributed by atoms with van der Waals surface area (Å²) in [5, 5.41) is 0.402. The van der Waals surface area contributed by atoms with E-state index in [0.717, 1.165) is 13.1 Å². The predicted octanol–water partition coefficient (Wildman–Crippen LogP) is 2.72. The SMILES string of the molecule is COC(=O)c1ccc2c(=O)n(-c3cc(OC)cc(OC)c3)c(N3CCN(C(C)C)CC3)nc2c1. The van der Waals surface area contributed by atoms with Crippen molar-refractivity contribution in [3.63, 3.8) is 0 Å². The third kappa shape index (κ3) is 4.43. The van der Waals surface area contributed by atoms with Crippen molar-refractivity contribution in [3.8, 4) is 17.2 Å². The molecule has 0 unspecified atom stereocenters. The standard InChI is InChI=1S/C25H30N4O5/c1-16(2)27-8-10-28(11-9-27)25-26-22-12-17(24(31)34-5)6-7-21(22)23(30)29(25)18-13-19(32-3)15-20(14-18)33-4/h6-7,12-16H,8-11H2,1-5H3. The Morgan fingerprint density at radius 3 is 2.15 bits per heavy atom. The second-order valence-corrected chi connectivity index (χ2v) is 8.46. The minimum Gasteiger partial charge on any atom is -0.497 e. The number of benzene rings is 2. The molecule has 180 valence electrons. The molecule has 0 radical (unpaired) electrons. The van der Waals surface area contributed by atoms with Crippen LogP contribution in [-0.4, -0.2) is 74.0 Å². The first-order valence-corrected chi connectivity index (χ1v) is 11.2. The highest BCUT2D eigenvalue weighted by molar-refractivity contribution is 5.94. The molecule has 0 saturated carbocycles. The molecular formula is C25H30N4O5. The molecule has 1 saturated heterocycles. The maximum Gasteiger partial charge on any atom is 0.337 e. The van der Waals surface area contributed by atoms with Crippen LogP contribution < -0.4 is 19.9 Å². The third-order valence-corrected chi connectivity index (χ3v) is 6.19. The second-order valence-electron chi connectivity index (χ2n) is 8.46. The summed E-state index contributed by atoms with van der Waals surface area (Å²) < 4.78 is 17.3. The summed E-state index contributed by atoms with van der Waals surface area (Å²) in [4.78, 5) is 35.3. The van der Waals surface area contributed by atoms with Gasteiger partial charge in [0, 0.05) is 50.4 Å². The molecular weight excluding hydrogens is 436 g/mol. The van der Waals surface area contributed by atoms with Gasteiger partial charge in [-0.3, -0.25) is 9.69 Å². The fourth-order valence-corrected chi connectivity index (χ4v) is 4.22. The molecule has 0 spiro atoms. The van der Waals surface area contributed by atoms with Crippen LogP contribution in [0.4, 0.5) is 5.95 Å². The lowest BCUT2D eigenvalue weighted by atomic mass is 10.1. The number of hydrogen-bond acceptors (Lipinski definition) is 8. The van der Waals surface area contributed by atoms with Gasteiger partial charge in [0.25, 0.3) is 5.56 Å². The van der Waals surface area contributed by atoms with Crippen LogP contribution in [0.2, 0.25) is 0 Å². The van der Waals surface area contributed by atoms with E-state index in [1.807, 2.05) is 0 Å². The van der Waals surface area contributed by atoms with Crippen LogP contribution in [0.15, 0.2) is 41.2 Å². The van der Waals surface area contributed by atoms with Crippen molar-refractivity contribution in [2.45, 2.75) is 19.9 Å². The lowest BCUT2D eigenvalue weighted by Gasteiger charge is -2.38. The Hall–Kier alpha value is -3.59. The van der Waals surface area contributed by atoms with Crippen molar-refractivity contribution in [1.29, 1.82) is 0 Å². The van der Waals surface area contributed by atoms with Crippen molar-refractivity contribution in [2.24, 2.45) is 0 Å². The van der Waals surface area contributed by atoms with Crippen LogP contribution in [0.1, 0.15) is 24.2 Å². The van der Waals surface area contributed by atoms with Gasteiger partial charge in [0.1, 0.15) is 11.5 Å². The average molecular weight is 467 g/mol. The van der Waals surface area contributed by atoms with E-state index in [2.05, 4.69) is 23.6 Å². The Morgan fingerprint density at radius 2 is 1.59 bits per heavy atom. The van der Waals surface area contributed by atoms with E-state index < -0.39 is 5.97 Å². The topological polar surface area (TPSA) is 86.1 Å². The number of carbonyl (C=O) groups is 1. The Kier molecular flexibility index (Phi) is 6.74. The highest BCUT2D eigenvalue weighted by Gasteiger charge is 2.25. The lowest BCUT2D eigenvalue weighted by Crippen LogP contribution is -2.50. The maximum absolute atomic E-state index is 13.8. The summed E-state index contributed by atoms with van der Waals surface area (Å²) in [6.07, 6.45) is 0. The number of fused-ring (bicyclic) bond motifs is 1. The van der Waals surface area contributed by atoms with Crippen LogP contribution in [-0.2, 0) is 4.74 Å². The molecule has 0 N–H and O–H groups in total. The number of methoxy groups -OCH3 is 3. The number of nitrogens with zero attached hydrogens (tertiary/aromatic N) is 4. The van der Waals surface area contributed by atoms with E-state index in [1.165, 1.54) is 7.11 Å². The van der Waals surface area contributed by atoms with E-state index in [9.17, 15) is 9.59 Å². The van der Waals surface area contributed by atoms with Crippen molar-refractivity contribution in [1.82, 2.24) is 14.5 Å². The van der Waals surface area contributed by atoms with Gasteiger partial charge in [-0.15, -0.1) is 0 Å². The molecule has 9 nitrogen and oxygen atoms in total. The van der Waals surface area contributed by atoms with Gasteiger partial charge in [-0.05, 0) is 32.0 Å². The van der Waals surface area contributed by atoms with Gasteiger partial charge in [0.15, 0.2) is 0 Å². The molecule has 3 aromatic rings. The van der Waals surface area contributed by atoms with E-state index in [-0.39, 0.29) is 5.56 Å². The van der Waals surface area contributed by atoms with Gasteiger partial charge in [0.2, 0.25) is 5.95 Å². The largest absolute Gasteiger partial charge is 0.497 e. The number of ether oxygens (including phenoxy) is 3. The van der Waals surface area contributed by atoms with Crippen LogP contribution in [0, 0.1) is 0 Å². The molecule has 0 aliphatic carbocycles. The Labute approximate surface area is 198 Å². The van der Waals surface area contributed by atoms with Gasteiger partial charge in [0.05, 0.1) is 43.5 Å². The predicted molar refractivity (Wildman–Crippen MR) is 131 cm³/mol. The summed E-state index contributed by atoms with van der Waals surface area (Å²) in [7, 11) is 4.47. The normalized spacial score (nSPS) is 14.5. The number of aromatic nitrogens is 2. The van der Waals surface area contributed by atoms with Crippen LogP contribution in [0.5, 0.6) is 11.5 Å². The fraction of sp³-hybridized carbons (Fsp3) is 0.400. The molecule has 34 heavy (non-hydrogen) atoms. The third-order valence-electron chi connectivity index (χ3n) is 6.19. The molecule has 1 aromatic heterocycles. The Bertz CT molecular complexity index is 1240. The van der Waals surface area contributed by atoms with Crippen molar-refractivity contribution >= 4 is 22.8 Å². The summed E-state index contributed by atoms with van der Waals surface area (Å²) in [6, 6.07) is 10.6. The summed E-state index contributed by atoms with van der Waals surface area (Å²) >= 11 is 0. The summed E-state index contributed by atoms with van der Waals surface area (Å²) in [5.41, 5.74) is 1.14. The molecule has 1 fully saturated rings. The average Bonchev–Trinajstić information content (AvgIpc) is 2.87. The number of esters is 1. The van der Waals surface area contributed by atoms with E-state index in [0.29, 0.717) is 58.7 Å². The quantitative estimate of drug-likeness (QED) is 0.513. The fourth-order valence-electron chi connectivity index (χ4n) is 4.22. The molecule has 2 aromatic carbocycles. The van der Waals surface area contributed by atoms with E-state index in [1.54, 1.807) is 55.2 Å². The summed E-state index contributed by atoms with van der Waals surface area (Å²) in [5.74, 6) is 1.17. The zero-order valence-corrected chi connectivity index (χ0v) is 20.2. The molecule has 0 bridgehead atoms. The maximum atomic E-state index is 13.8. The summed E-state index contributed by atoms with van der Waals surface area (Å²) in [6.45, 7) is 7.50. The van der Waals surface area contributed by atoms with Crippen LogP contribution >= 0.6 is 0 Å². The Morgan fingerprint density at radius 1 is 0.941 bits per heavy atom. The van der Waals surface area contributed by atoms with E-state index >= 15 is 0 Å². The van der Waals surface area contributed by atoms with Gasteiger partial charge >= 0.3 is 5.97 Å². The number of carbonyl (C=O) groups excluding carboxylic acids is 1. The molecule has 1 aliphatic heterocycles. The van der Waals surface area contributed by atoms with Gasteiger partial charge in [-0.2, -0.15) is 0 Å². The van der Waals surface area contributed by atoms with Crippen molar-refractivity contribution in [3.05, 3.63) is 52.3 Å². The first kappa shape index (κ1) is 23.6. The highest BCUT2D eigenvalue weighted by Crippen LogP contribution is 2.28. The molecule has 0 atom stereocenters. The van der Waals surface area contributed by atoms with Gasteiger partial charge in [-0.1, -0.05) is 0 Å². The zero-order chi connectivity index (χ0) is 24.4. The molecule has 4 rings (SSSR count). The first-order valence-electron chi connectivity index (χ1n) is 11.2. The number of anilines is 1. The molecule has 2 heterocycles. The lowest BCUT2D eigenvalue weighted by molar-refractivity contribution is 0.0601. The highest BCUT2D eigenvalue weighted by atomic mass is 16.5. The number of rotatable bonds is 6. The van der Waals surface area contributed by atoms with Gasteiger partial charge < -0.3 is 19.1 Å². The van der Waals surface area contributed by atoms with Crippen LogP contribution in [0.25, 0.3) is 16.6 Å². The number of piperazine rings is 1. The van der Waals surface area contributed by atoms with Crippen molar-refractivity contribution < 1.29 is 19.0 Å². The smallest absolute Gasteiger partial charge is 0.337 e. The first-order chi connectivity index (χ1) is 16.4.